The largest absolute Gasteiger partial charge is 0.354 e. The third-order valence-corrected chi connectivity index (χ3v) is 4.63. The SMILES string of the molecule is CC(C)NC(=O)Cc1ccc(N(Cc2ccc(F)cc2)C(=O)c2cccc(F)c2)cc1. The van der Waals surface area contributed by atoms with Gasteiger partial charge in [-0.25, -0.2) is 8.78 Å². The van der Waals surface area contributed by atoms with Gasteiger partial charge in [0, 0.05) is 17.3 Å². The average Bonchev–Trinajstić information content (AvgIpc) is 2.73. The number of carbonyl (C=O) groups is 2. The van der Waals surface area contributed by atoms with Gasteiger partial charge < -0.3 is 10.2 Å². The summed E-state index contributed by atoms with van der Waals surface area (Å²) in [5.41, 5.74) is 2.34. The highest BCUT2D eigenvalue weighted by Crippen LogP contribution is 2.22. The number of nitrogens with zero attached hydrogens (tertiary/aromatic N) is 1. The molecular weight excluding hydrogens is 398 g/mol. The molecule has 2 amide bonds. The van der Waals surface area contributed by atoms with Crippen LogP contribution in [0.5, 0.6) is 0 Å². The molecule has 31 heavy (non-hydrogen) atoms. The number of amides is 2. The molecule has 0 aromatic heterocycles. The second-order valence-electron chi connectivity index (χ2n) is 7.59. The molecule has 0 bridgehead atoms. The van der Waals surface area contributed by atoms with Gasteiger partial charge in [0.15, 0.2) is 0 Å². The fraction of sp³-hybridized carbons (Fsp3) is 0.200. The summed E-state index contributed by atoms with van der Waals surface area (Å²) in [6, 6.07) is 18.5. The van der Waals surface area contributed by atoms with Gasteiger partial charge in [0.1, 0.15) is 11.6 Å². The molecule has 0 atom stereocenters. The molecule has 6 heteroatoms. The molecule has 0 fully saturated rings. The Hall–Kier alpha value is -3.54. The zero-order valence-corrected chi connectivity index (χ0v) is 17.4. The van der Waals surface area contributed by atoms with Crippen molar-refractivity contribution < 1.29 is 18.4 Å². The number of nitrogens with one attached hydrogen (secondary N) is 1. The number of halogens is 2. The Morgan fingerprint density at radius 1 is 0.871 bits per heavy atom. The standard InChI is InChI=1S/C25H24F2N2O2/c1-17(2)28-24(30)14-18-8-12-23(13-9-18)29(16-19-6-10-21(26)11-7-19)25(31)20-4-3-5-22(27)15-20/h3-13,15,17H,14,16H2,1-2H3,(H,28,30). The molecule has 3 aromatic carbocycles. The van der Waals surface area contributed by atoms with E-state index in [2.05, 4.69) is 5.32 Å². The second kappa shape index (κ2) is 9.98. The molecule has 0 spiro atoms. The van der Waals surface area contributed by atoms with Gasteiger partial charge in [-0.15, -0.1) is 0 Å². The summed E-state index contributed by atoms with van der Waals surface area (Å²) in [6.07, 6.45) is 0.230. The molecule has 0 radical (unpaired) electrons. The van der Waals surface area contributed by atoms with Crippen molar-refractivity contribution in [2.45, 2.75) is 32.9 Å². The number of anilines is 1. The highest BCUT2D eigenvalue weighted by molar-refractivity contribution is 6.06. The quantitative estimate of drug-likeness (QED) is 0.590. The molecule has 0 heterocycles. The fourth-order valence-corrected chi connectivity index (χ4v) is 3.18. The van der Waals surface area contributed by atoms with Crippen LogP contribution in [0.1, 0.15) is 35.3 Å². The summed E-state index contributed by atoms with van der Waals surface area (Å²) in [5, 5.41) is 2.84. The summed E-state index contributed by atoms with van der Waals surface area (Å²) in [5.74, 6) is -1.33. The number of hydrogen-bond donors (Lipinski definition) is 1. The predicted octanol–water partition coefficient (Wildman–Crippen LogP) is 4.88. The smallest absolute Gasteiger partial charge is 0.258 e. The van der Waals surface area contributed by atoms with Crippen molar-refractivity contribution in [2.75, 3.05) is 4.90 Å². The summed E-state index contributed by atoms with van der Waals surface area (Å²) in [6.45, 7) is 3.97. The van der Waals surface area contributed by atoms with Gasteiger partial charge >= 0.3 is 0 Å². The van der Waals surface area contributed by atoms with Crippen LogP contribution in [0.2, 0.25) is 0 Å². The first kappa shape index (κ1) is 22.2. The Morgan fingerprint density at radius 3 is 2.13 bits per heavy atom. The molecule has 3 aromatic rings. The van der Waals surface area contributed by atoms with E-state index in [-0.39, 0.29) is 42.2 Å². The molecule has 3 rings (SSSR count). The van der Waals surface area contributed by atoms with Crippen LogP contribution in [0.15, 0.2) is 72.8 Å². The topological polar surface area (TPSA) is 49.4 Å². The maximum absolute atomic E-state index is 13.7. The van der Waals surface area contributed by atoms with E-state index in [4.69, 9.17) is 0 Å². The van der Waals surface area contributed by atoms with Crippen molar-refractivity contribution in [3.8, 4) is 0 Å². The van der Waals surface area contributed by atoms with Crippen molar-refractivity contribution >= 4 is 17.5 Å². The van der Waals surface area contributed by atoms with Crippen LogP contribution in [-0.2, 0) is 17.8 Å². The van der Waals surface area contributed by atoms with E-state index in [1.807, 2.05) is 13.8 Å². The first-order chi connectivity index (χ1) is 14.8. The molecule has 0 saturated carbocycles. The molecule has 160 valence electrons. The lowest BCUT2D eigenvalue weighted by Crippen LogP contribution is -2.31. The summed E-state index contributed by atoms with van der Waals surface area (Å²) in [7, 11) is 0. The second-order valence-corrected chi connectivity index (χ2v) is 7.59. The number of hydrogen-bond acceptors (Lipinski definition) is 2. The maximum Gasteiger partial charge on any atom is 0.258 e. The van der Waals surface area contributed by atoms with Crippen LogP contribution in [0.4, 0.5) is 14.5 Å². The van der Waals surface area contributed by atoms with Gasteiger partial charge in [-0.2, -0.15) is 0 Å². The van der Waals surface area contributed by atoms with Crippen LogP contribution in [-0.4, -0.2) is 17.9 Å². The summed E-state index contributed by atoms with van der Waals surface area (Å²) >= 11 is 0. The lowest BCUT2D eigenvalue weighted by atomic mass is 10.1. The normalized spacial score (nSPS) is 10.7. The van der Waals surface area contributed by atoms with E-state index in [1.54, 1.807) is 42.5 Å². The molecule has 0 unspecified atom stereocenters. The molecule has 0 aliphatic heterocycles. The van der Waals surface area contributed by atoms with E-state index in [0.29, 0.717) is 5.69 Å². The van der Waals surface area contributed by atoms with Gasteiger partial charge in [0.25, 0.3) is 5.91 Å². The van der Waals surface area contributed by atoms with Crippen molar-refractivity contribution in [3.63, 3.8) is 0 Å². The zero-order valence-electron chi connectivity index (χ0n) is 17.4. The van der Waals surface area contributed by atoms with E-state index in [1.165, 1.54) is 35.2 Å². The molecule has 0 aliphatic rings. The van der Waals surface area contributed by atoms with Crippen molar-refractivity contribution in [2.24, 2.45) is 0 Å². The lowest BCUT2D eigenvalue weighted by molar-refractivity contribution is -0.120. The Kier molecular flexibility index (Phi) is 7.13. The highest BCUT2D eigenvalue weighted by Gasteiger charge is 2.19. The fourth-order valence-electron chi connectivity index (χ4n) is 3.18. The highest BCUT2D eigenvalue weighted by atomic mass is 19.1. The molecule has 1 N–H and O–H groups in total. The van der Waals surface area contributed by atoms with Crippen LogP contribution in [0, 0.1) is 11.6 Å². The van der Waals surface area contributed by atoms with Crippen LogP contribution in [0.3, 0.4) is 0 Å². The van der Waals surface area contributed by atoms with E-state index in [9.17, 15) is 18.4 Å². The van der Waals surface area contributed by atoms with Crippen molar-refractivity contribution in [1.82, 2.24) is 5.32 Å². The Balaban J connectivity index is 1.87. The summed E-state index contributed by atoms with van der Waals surface area (Å²) in [4.78, 5) is 26.7. The predicted molar refractivity (Wildman–Crippen MR) is 117 cm³/mol. The minimum atomic E-state index is -0.501. The van der Waals surface area contributed by atoms with Gasteiger partial charge in [0.05, 0.1) is 13.0 Å². The van der Waals surface area contributed by atoms with Crippen molar-refractivity contribution in [1.29, 1.82) is 0 Å². The average molecular weight is 422 g/mol. The number of benzene rings is 3. The molecular formula is C25H24F2N2O2. The Labute approximate surface area is 180 Å². The van der Waals surface area contributed by atoms with Crippen LogP contribution >= 0.6 is 0 Å². The van der Waals surface area contributed by atoms with E-state index in [0.717, 1.165) is 11.1 Å². The molecule has 4 nitrogen and oxygen atoms in total. The van der Waals surface area contributed by atoms with Crippen molar-refractivity contribution in [3.05, 3.63) is 101 Å². The van der Waals surface area contributed by atoms with Gasteiger partial charge in [-0.1, -0.05) is 30.3 Å². The zero-order chi connectivity index (χ0) is 22.4. The third-order valence-electron chi connectivity index (χ3n) is 4.63. The first-order valence-electron chi connectivity index (χ1n) is 10.0. The Morgan fingerprint density at radius 2 is 1.52 bits per heavy atom. The Bertz CT molecular complexity index is 1050. The van der Waals surface area contributed by atoms with E-state index >= 15 is 0 Å². The van der Waals surface area contributed by atoms with Crippen LogP contribution in [0.25, 0.3) is 0 Å². The first-order valence-corrected chi connectivity index (χ1v) is 10.0. The minimum absolute atomic E-state index is 0.0573. The lowest BCUT2D eigenvalue weighted by Gasteiger charge is -2.23. The van der Waals surface area contributed by atoms with Gasteiger partial charge in [-0.05, 0) is 67.4 Å². The molecule has 0 aliphatic carbocycles. The number of carbonyl (C=O) groups excluding carboxylic acids is 2. The molecule has 0 saturated heterocycles. The van der Waals surface area contributed by atoms with Crippen LogP contribution < -0.4 is 10.2 Å². The van der Waals surface area contributed by atoms with E-state index < -0.39 is 5.82 Å². The monoisotopic (exact) mass is 422 g/mol. The third kappa shape index (κ3) is 6.22. The maximum atomic E-state index is 13.7. The van der Waals surface area contributed by atoms with Gasteiger partial charge in [-0.3, -0.25) is 9.59 Å². The summed E-state index contributed by atoms with van der Waals surface area (Å²) < 4.78 is 27.0. The number of rotatable bonds is 7. The minimum Gasteiger partial charge on any atom is -0.354 e. The van der Waals surface area contributed by atoms with Gasteiger partial charge in [0.2, 0.25) is 5.91 Å².